The van der Waals surface area contributed by atoms with Crippen molar-refractivity contribution in [1.82, 2.24) is 0 Å². The molecule has 0 saturated carbocycles. The van der Waals surface area contributed by atoms with Gasteiger partial charge < -0.3 is 19.8 Å². The fraction of sp³-hybridized carbons (Fsp3) is 0.583. The molecule has 2 N–H and O–H groups in total. The molecule has 30 heavy (non-hydrogen) atoms. The summed E-state index contributed by atoms with van der Waals surface area (Å²) in [5.74, 6) is 0.491. The maximum Gasteiger partial charge on any atom is 0.119 e. The van der Waals surface area contributed by atoms with E-state index in [0.717, 1.165) is 18.0 Å². The minimum Gasteiger partial charge on any atom is -0.396 e. The number of hydrogen-bond acceptors (Lipinski definition) is 4. The fourth-order valence-corrected chi connectivity index (χ4v) is 1.07. The second-order valence-electron chi connectivity index (χ2n) is 5.68. The number of aliphatic hydroxyl groups excluding tert-OH is 2. The Morgan fingerprint density at radius 3 is 1.43 bits per heavy atom. The molecule has 4 atom stereocenters. The van der Waals surface area contributed by atoms with Gasteiger partial charge in [-0.05, 0) is 32.1 Å². The summed E-state index contributed by atoms with van der Waals surface area (Å²) < 4.78 is 0. The van der Waals surface area contributed by atoms with Gasteiger partial charge >= 0.3 is 0 Å². The molecule has 180 valence electrons. The van der Waals surface area contributed by atoms with Crippen molar-refractivity contribution in [3.8, 4) is 0 Å². The fourth-order valence-electron chi connectivity index (χ4n) is 0.692. The van der Waals surface area contributed by atoms with Gasteiger partial charge in [-0.1, -0.05) is 89.9 Å². The third-order valence-corrected chi connectivity index (χ3v) is 3.65. The zero-order valence-electron chi connectivity index (χ0n) is 19.9. The summed E-state index contributed by atoms with van der Waals surface area (Å²) >= 11 is 6.48. The zero-order valence-corrected chi connectivity index (χ0v) is 23.1. The van der Waals surface area contributed by atoms with E-state index in [1.165, 1.54) is 0 Å². The Hall–Kier alpha value is -0.820. The lowest BCUT2D eigenvalue weighted by Crippen LogP contribution is -2.13. The van der Waals surface area contributed by atoms with E-state index in [-0.39, 0.29) is 24.5 Å². The van der Waals surface area contributed by atoms with E-state index in [1.54, 1.807) is 12.2 Å². The van der Waals surface area contributed by atoms with Crippen molar-refractivity contribution in [3.05, 3.63) is 50.1 Å². The lowest BCUT2D eigenvalue weighted by Gasteiger charge is -2.10. The number of carbonyl (C=O) groups excluding carboxylic acids is 2. The van der Waals surface area contributed by atoms with Crippen LogP contribution in [0.4, 0.5) is 0 Å². The van der Waals surface area contributed by atoms with Crippen LogP contribution in [-0.4, -0.2) is 46.2 Å². The summed E-state index contributed by atoms with van der Waals surface area (Å²) in [7, 11) is 0. The Balaban J connectivity index is -0.0000000599. The molecule has 0 aliphatic rings. The average molecular weight is 558 g/mol. The van der Waals surface area contributed by atoms with Crippen LogP contribution in [0.1, 0.15) is 54.4 Å². The second-order valence-corrected chi connectivity index (χ2v) is 7.77. The van der Waals surface area contributed by atoms with Crippen LogP contribution in [0.25, 0.3) is 0 Å². The van der Waals surface area contributed by atoms with Crippen molar-refractivity contribution in [2.75, 3.05) is 11.9 Å². The van der Waals surface area contributed by atoms with E-state index >= 15 is 0 Å². The Labute approximate surface area is 203 Å². The summed E-state index contributed by atoms with van der Waals surface area (Å²) in [6.45, 7) is 24.4. The Kier molecular flexibility index (Phi) is 66.7. The van der Waals surface area contributed by atoms with Gasteiger partial charge in [-0.2, -0.15) is 0 Å². The Morgan fingerprint density at radius 2 is 1.40 bits per heavy atom. The van der Waals surface area contributed by atoms with Crippen LogP contribution in [0.5, 0.6) is 0 Å². The van der Waals surface area contributed by atoms with Crippen LogP contribution in [0.3, 0.4) is 0 Å². The van der Waals surface area contributed by atoms with Gasteiger partial charge in [0.05, 0.1) is 6.10 Å². The molecule has 0 spiro atoms. The average Bonchev–Trinajstić information content (AvgIpc) is 2.80. The maximum absolute atomic E-state index is 9.17. The van der Waals surface area contributed by atoms with Gasteiger partial charge in [0, 0.05) is 23.2 Å². The molecule has 0 aliphatic heterocycles. The highest BCUT2D eigenvalue weighted by molar-refractivity contribution is 9.09. The summed E-state index contributed by atoms with van der Waals surface area (Å²) in [6, 6.07) is 0. The number of aliphatic hydroxyl groups is 2. The van der Waals surface area contributed by atoms with Crippen molar-refractivity contribution in [3.63, 3.8) is 0 Å². The number of alkyl halides is 2. The first-order valence-electron chi connectivity index (χ1n) is 9.83. The lowest BCUT2D eigenvalue weighted by atomic mass is 10.0. The normalized spacial score (nSPS) is 12.3. The van der Waals surface area contributed by atoms with Gasteiger partial charge in [0.1, 0.15) is 13.1 Å². The second kappa shape index (κ2) is 46.4. The lowest BCUT2D eigenvalue weighted by molar-refractivity contribution is -0.107. The first-order valence-corrected chi connectivity index (χ1v) is 11.9. The molecule has 0 aliphatic carbocycles. The van der Waals surface area contributed by atoms with Crippen LogP contribution in [0, 0.1) is 11.8 Å². The highest BCUT2D eigenvalue weighted by Gasteiger charge is 2.05. The van der Waals surface area contributed by atoms with Crippen molar-refractivity contribution in [1.29, 1.82) is 0 Å². The Bertz CT molecular complexity index is 359. The smallest absolute Gasteiger partial charge is 0.119 e. The number of hydrogen-bond donors (Lipinski definition) is 2. The quantitative estimate of drug-likeness (QED) is 0.198. The molecule has 0 saturated heterocycles. The summed E-state index contributed by atoms with van der Waals surface area (Å²) in [5.41, 5.74) is 0. The number of halogens is 2. The van der Waals surface area contributed by atoms with E-state index in [0.29, 0.717) is 11.2 Å². The van der Waals surface area contributed by atoms with Crippen LogP contribution < -0.4 is 0 Å². The first kappa shape index (κ1) is 43.1. The van der Waals surface area contributed by atoms with Gasteiger partial charge in [-0.3, -0.25) is 0 Å². The minimum absolute atomic E-state index is 0.201. The molecule has 4 unspecified atom stereocenters. The number of carbonyl (C=O) groups is 2. The van der Waals surface area contributed by atoms with Crippen molar-refractivity contribution < 1.29 is 19.8 Å². The van der Waals surface area contributed by atoms with Crippen LogP contribution in [-0.2, 0) is 9.59 Å². The van der Waals surface area contributed by atoms with E-state index < -0.39 is 0 Å². The molecule has 0 amide bonds. The van der Waals surface area contributed by atoms with E-state index in [2.05, 4.69) is 51.6 Å². The molecule has 0 bridgehead atoms. The van der Waals surface area contributed by atoms with Crippen LogP contribution in [0.2, 0.25) is 0 Å². The molecule has 4 nitrogen and oxygen atoms in total. The summed E-state index contributed by atoms with van der Waals surface area (Å²) in [4.78, 5) is 17.6. The number of allylic oxidation sites excluding steroid dienone is 3. The van der Waals surface area contributed by atoms with Gasteiger partial charge in [-0.15, -0.1) is 19.7 Å². The molecule has 0 rings (SSSR count). The third kappa shape index (κ3) is 71.2. The molecule has 0 heterocycles. The largest absolute Gasteiger partial charge is 0.396 e. The predicted octanol–water partition coefficient (Wildman–Crippen LogP) is 6.70. The van der Waals surface area contributed by atoms with Crippen molar-refractivity contribution in [2.24, 2.45) is 11.8 Å². The van der Waals surface area contributed by atoms with E-state index in [1.807, 2.05) is 66.6 Å². The standard InChI is InChI=1S/C7H14O.C5H10O.2C4H7Br.C3H6O.CH2O/c1-4-6(3)7(8)5-2;1-3-5(2)4-6;1-3-4(2)5;1-2-3-4-5;1-2-3-4;1-2/h4,6-8H,1,5H2,2-3H3;3,5-6H,1,4H2,2H3;3-4H,1H2,2H3;2-3H,4H2,1H3;3H,2H2,1H3;1H2/b;;;3-2-;;. The maximum atomic E-state index is 9.17. The van der Waals surface area contributed by atoms with Crippen molar-refractivity contribution in [2.45, 2.75) is 65.3 Å². The summed E-state index contributed by atoms with van der Waals surface area (Å²) in [6.07, 6.45) is 11.5. The molecule has 0 aromatic heterocycles. The van der Waals surface area contributed by atoms with Gasteiger partial charge in [0.25, 0.3) is 0 Å². The highest BCUT2D eigenvalue weighted by atomic mass is 79.9. The predicted molar refractivity (Wildman–Crippen MR) is 143 cm³/mol. The van der Waals surface area contributed by atoms with E-state index in [9.17, 15) is 4.79 Å². The van der Waals surface area contributed by atoms with Gasteiger partial charge in [0.2, 0.25) is 0 Å². The molecule has 0 aromatic carbocycles. The van der Waals surface area contributed by atoms with Gasteiger partial charge in [-0.25, -0.2) is 0 Å². The SMILES string of the molecule is C/C=C\CBr.C=CC(C)Br.C=CC(C)C(O)CC.C=CC(C)CO.C=O.CCC=O. The number of rotatable bonds is 8. The molecule has 0 fully saturated rings. The third-order valence-electron chi connectivity index (χ3n) is 2.90. The molecule has 0 radical (unpaired) electrons. The molecule has 6 heteroatoms. The molecule has 0 aromatic rings. The number of aldehydes is 1. The van der Waals surface area contributed by atoms with Crippen LogP contribution >= 0.6 is 31.9 Å². The topological polar surface area (TPSA) is 74.6 Å². The molecular weight excluding hydrogens is 512 g/mol. The van der Waals surface area contributed by atoms with E-state index in [4.69, 9.17) is 15.0 Å². The van der Waals surface area contributed by atoms with Crippen LogP contribution in [0.15, 0.2) is 50.1 Å². The summed E-state index contributed by atoms with van der Waals surface area (Å²) in [5, 5.41) is 18.3. The monoisotopic (exact) mass is 556 g/mol. The first-order chi connectivity index (χ1) is 14.1. The molecular formula is C24H46Br2O4. The Morgan fingerprint density at radius 1 is 1.00 bits per heavy atom. The highest BCUT2D eigenvalue weighted by Crippen LogP contribution is 2.05. The van der Waals surface area contributed by atoms with Crippen molar-refractivity contribution >= 4 is 44.9 Å². The minimum atomic E-state index is -0.201. The zero-order chi connectivity index (χ0) is 25.4. The van der Waals surface area contributed by atoms with Gasteiger partial charge in [0.15, 0.2) is 0 Å².